The van der Waals surface area contributed by atoms with Gasteiger partial charge in [-0.2, -0.15) is 8.78 Å². The summed E-state index contributed by atoms with van der Waals surface area (Å²) in [5.74, 6) is -3.50. The molecule has 3 rings (SSSR count). The number of piperazine rings is 1. The molecule has 28 heavy (non-hydrogen) atoms. The lowest BCUT2D eigenvalue weighted by Crippen LogP contribution is -2.51. The highest BCUT2D eigenvalue weighted by Gasteiger charge is 2.27. The molecule has 1 saturated heterocycles. The zero-order valence-corrected chi connectivity index (χ0v) is 15.7. The number of pyridine rings is 1. The largest absolute Gasteiger partial charge is 0.339 e. The zero-order chi connectivity index (χ0) is 20.1. The van der Waals surface area contributed by atoms with Crippen molar-refractivity contribution in [1.29, 1.82) is 0 Å². The average Bonchev–Trinajstić information content (AvgIpc) is 2.69. The van der Waals surface area contributed by atoms with E-state index >= 15 is 0 Å². The van der Waals surface area contributed by atoms with Gasteiger partial charge in [-0.3, -0.25) is 9.59 Å². The Labute approximate surface area is 164 Å². The molecule has 148 valence electrons. The molecule has 0 saturated carbocycles. The zero-order valence-electron chi connectivity index (χ0n) is 14.9. The van der Waals surface area contributed by atoms with Gasteiger partial charge < -0.3 is 9.80 Å². The Balaban J connectivity index is 1.58. The Morgan fingerprint density at radius 1 is 1.04 bits per heavy atom. The van der Waals surface area contributed by atoms with Crippen molar-refractivity contribution >= 4 is 23.6 Å². The van der Waals surface area contributed by atoms with Gasteiger partial charge in [-0.1, -0.05) is 12.1 Å². The predicted molar refractivity (Wildman–Crippen MR) is 98.7 cm³/mol. The first kappa shape index (κ1) is 20.2. The number of hydrogen-bond donors (Lipinski definition) is 0. The van der Waals surface area contributed by atoms with Gasteiger partial charge in [-0.15, -0.1) is 0 Å². The lowest BCUT2D eigenvalue weighted by atomic mass is 10.1. The molecular weight excluding hydrogens is 391 g/mol. The van der Waals surface area contributed by atoms with Crippen molar-refractivity contribution in [1.82, 2.24) is 14.8 Å². The van der Waals surface area contributed by atoms with Crippen LogP contribution in [-0.4, -0.2) is 58.5 Å². The SMILES string of the molecule is O=C(Cc1ccc(F)cc1)N1CCN(C(=O)c2cccnc2SC(F)F)CC1. The van der Waals surface area contributed by atoms with Crippen LogP contribution >= 0.6 is 11.8 Å². The number of thioether (sulfide) groups is 1. The van der Waals surface area contributed by atoms with Gasteiger partial charge in [0.15, 0.2) is 0 Å². The molecule has 9 heteroatoms. The van der Waals surface area contributed by atoms with E-state index in [1.54, 1.807) is 17.0 Å². The average molecular weight is 409 g/mol. The third-order valence-corrected chi connectivity index (χ3v) is 5.12. The highest BCUT2D eigenvalue weighted by Crippen LogP contribution is 2.27. The standard InChI is InChI=1S/C19H18F3N3O2S/c20-14-5-3-13(4-6-14)12-16(26)24-8-10-25(11-9-24)18(27)15-2-1-7-23-17(15)28-19(21)22/h1-7,19H,8-12H2. The first-order chi connectivity index (χ1) is 13.4. The van der Waals surface area contributed by atoms with Crippen molar-refractivity contribution in [2.45, 2.75) is 17.2 Å². The summed E-state index contributed by atoms with van der Waals surface area (Å²) in [5.41, 5.74) is 0.854. The number of rotatable bonds is 5. The second kappa shape index (κ2) is 9.09. The normalized spacial score (nSPS) is 14.4. The Hall–Kier alpha value is -2.55. The maximum atomic E-state index is 13.0. The molecule has 5 nitrogen and oxygen atoms in total. The number of amides is 2. The van der Waals surface area contributed by atoms with Gasteiger partial charge in [-0.05, 0) is 41.6 Å². The number of halogens is 3. The smallest absolute Gasteiger partial charge is 0.290 e. The van der Waals surface area contributed by atoms with Gasteiger partial charge in [-0.25, -0.2) is 9.37 Å². The number of hydrogen-bond acceptors (Lipinski definition) is 4. The van der Waals surface area contributed by atoms with E-state index in [0.717, 1.165) is 0 Å². The van der Waals surface area contributed by atoms with Crippen LogP contribution in [0.1, 0.15) is 15.9 Å². The van der Waals surface area contributed by atoms with E-state index in [-0.39, 0.29) is 46.4 Å². The van der Waals surface area contributed by atoms with Crippen molar-refractivity contribution in [3.8, 4) is 0 Å². The summed E-state index contributed by atoms with van der Waals surface area (Å²) in [4.78, 5) is 32.2. The number of benzene rings is 1. The van der Waals surface area contributed by atoms with Crippen LogP contribution in [0.4, 0.5) is 13.2 Å². The van der Waals surface area contributed by atoms with Gasteiger partial charge >= 0.3 is 0 Å². The van der Waals surface area contributed by atoms with Crippen molar-refractivity contribution < 1.29 is 22.8 Å². The fourth-order valence-electron chi connectivity index (χ4n) is 2.95. The van der Waals surface area contributed by atoms with E-state index in [0.29, 0.717) is 31.7 Å². The topological polar surface area (TPSA) is 53.5 Å². The summed E-state index contributed by atoms with van der Waals surface area (Å²) in [6, 6.07) is 8.76. The van der Waals surface area contributed by atoms with Crippen LogP contribution in [0.5, 0.6) is 0 Å². The quantitative estimate of drug-likeness (QED) is 0.713. The van der Waals surface area contributed by atoms with Crippen LogP contribution in [-0.2, 0) is 11.2 Å². The van der Waals surface area contributed by atoms with E-state index in [1.807, 2.05) is 0 Å². The molecule has 2 heterocycles. The molecule has 2 amide bonds. The maximum absolute atomic E-state index is 13.0. The second-order valence-electron chi connectivity index (χ2n) is 6.21. The molecule has 1 aromatic carbocycles. The monoisotopic (exact) mass is 409 g/mol. The van der Waals surface area contributed by atoms with Crippen molar-refractivity contribution in [3.63, 3.8) is 0 Å². The molecular formula is C19H18F3N3O2S. The number of aromatic nitrogens is 1. The minimum absolute atomic E-state index is 0.00249. The van der Waals surface area contributed by atoms with E-state index < -0.39 is 5.76 Å². The molecule has 0 aliphatic carbocycles. The minimum atomic E-state index is -2.66. The summed E-state index contributed by atoms with van der Waals surface area (Å²) < 4.78 is 38.3. The Kier molecular flexibility index (Phi) is 6.56. The van der Waals surface area contributed by atoms with Crippen LogP contribution in [0.2, 0.25) is 0 Å². The Morgan fingerprint density at radius 2 is 1.68 bits per heavy atom. The van der Waals surface area contributed by atoms with E-state index in [4.69, 9.17) is 0 Å². The molecule has 1 fully saturated rings. The van der Waals surface area contributed by atoms with Gasteiger partial charge in [0.2, 0.25) is 5.91 Å². The number of nitrogens with zero attached hydrogens (tertiary/aromatic N) is 3. The molecule has 0 bridgehead atoms. The van der Waals surface area contributed by atoms with Gasteiger partial charge in [0.1, 0.15) is 10.8 Å². The molecule has 1 aliphatic rings. The van der Waals surface area contributed by atoms with Gasteiger partial charge in [0.25, 0.3) is 11.7 Å². The van der Waals surface area contributed by atoms with Gasteiger partial charge in [0, 0.05) is 32.4 Å². The molecule has 0 atom stereocenters. The lowest BCUT2D eigenvalue weighted by Gasteiger charge is -2.35. The number of carbonyl (C=O) groups is 2. The third-order valence-electron chi connectivity index (χ3n) is 4.39. The molecule has 0 N–H and O–H groups in total. The Bertz CT molecular complexity index is 841. The van der Waals surface area contributed by atoms with Crippen LogP contribution in [0.15, 0.2) is 47.6 Å². The van der Waals surface area contributed by atoms with E-state index in [9.17, 15) is 22.8 Å². The molecule has 1 aromatic heterocycles. The summed E-state index contributed by atoms with van der Waals surface area (Å²) in [7, 11) is 0. The molecule has 0 spiro atoms. The minimum Gasteiger partial charge on any atom is -0.339 e. The highest BCUT2D eigenvalue weighted by atomic mass is 32.2. The van der Waals surface area contributed by atoms with Crippen molar-refractivity contribution in [3.05, 3.63) is 59.5 Å². The maximum Gasteiger partial charge on any atom is 0.290 e. The van der Waals surface area contributed by atoms with Crippen LogP contribution in [0, 0.1) is 5.82 Å². The van der Waals surface area contributed by atoms with Gasteiger partial charge in [0.05, 0.1) is 12.0 Å². The first-order valence-corrected chi connectivity index (χ1v) is 9.53. The van der Waals surface area contributed by atoms with Crippen molar-refractivity contribution in [2.24, 2.45) is 0 Å². The van der Waals surface area contributed by atoms with E-state index in [2.05, 4.69) is 4.98 Å². The van der Waals surface area contributed by atoms with Crippen LogP contribution in [0.25, 0.3) is 0 Å². The summed E-state index contributed by atoms with van der Waals surface area (Å²) in [5, 5.41) is -0.00249. The van der Waals surface area contributed by atoms with E-state index in [1.165, 1.54) is 35.4 Å². The highest BCUT2D eigenvalue weighted by molar-refractivity contribution is 7.99. The van der Waals surface area contributed by atoms with Crippen LogP contribution < -0.4 is 0 Å². The number of alkyl halides is 2. The molecule has 1 aliphatic heterocycles. The van der Waals surface area contributed by atoms with Crippen LogP contribution in [0.3, 0.4) is 0 Å². The first-order valence-electron chi connectivity index (χ1n) is 8.65. The third kappa shape index (κ3) is 5.03. The molecule has 2 aromatic rings. The summed E-state index contributed by atoms with van der Waals surface area (Å²) >= 11 is 0.242. The summed E-state index contributed by atoms with van der Waals surface area (Å²) in [6.07, 6.45) is 1.53. The Morgan fingerprint density at radius 3 is 2.32 bits per heavy atom. The fourth-order valence-corrected chi connectivity index (χ4v) is 3.52. The van der Waals surface area contributed by atoms with Crippen molar-refractivity contribution in [2.75, 3.05) is 26.2 Å². The molecule has 0 radical (unpaired) electrons. The second-order valence-corrected chi connectivity index (χ2v) is 7.19. The number of carbonyl (C=O) groups excluding carboxylic acids is 2. The lowest BCUT2D eigenvalue weighted by molar-refractivity contribution is -0.131. The summed E-state index contributed by atoms with van der Waals surface area (Å²) in [6.45, 7) is 1.32. The predicted octanol–water partition coefficient (Wildman–Crippen LogP) is 3.06. The fraction of sp³-hybridized carbons (Fsp3) is 0.316. The molecule has 0 unspecified atom stereocenters.